The lowest BCUT2D eigenvalue weighted by Crippen LogP contribution is -2.43. The van der Waals surface area contributed by atoms with E-state index in [1.165, 1.54) is 24.8 Å². The molecule has 1 aromatic heterocycles. The average molecular weight is 503 g/mol. The van der Waals surface area contributed by atoms with Crippen LogP contribution in [0.2, 0.25) is 0 Å². The summed E-state index contributed by atoms with van der Waals surface area (Å²) < 4.78 is 5.27. The monoisotopic (exact) mass is 502 g/mol. The highest BCUT2D eigenvalue weighted by molar-refractivity contribution is 5.54. The van der Waals surface area contributed by atoms with Crippen LogP contribution in [-0.4, -0.2) is 23.4 Å². The molecule has 1 atom stereocenters. The molecule has 5 heteroatoms. The van der Waals surface area contributed by atoms with Gasteiger partial charge in [-0.3, -0.25) is 0 Å². The first-order valence-corrected chi connectivity index (χ1v) is 13.7. The summed E-state index contributed by atoms with van der Waals surface area (Å²) in [6, 6.07) is 8.02. The van der Waals surface area contributed by atoms with Crippen molar-refractivity contribution in [2.24, 2.45) is 11.3 Å². The third-order valence-electron chi connectivity index (χ3n) is 7.48. The molecule has 1 aliphatic rings. The fourth-order valence-electron chi connectivity index (χ4n) is 4.72. The lowest BCUT2D eigenvalue weighted by Gasteiger charge is -2.42. The van der Waals surface area contributed by atoms with Crippen molar-refractivity contribution >= 4 is 18.0 Å². The molecule has 0 spiro atoms. The van der Waals surface area contributed by atoms with Crippen LogP contribution in [0, 0.1) is 36.5 Å². The van der Waals surface area contributed by atoms with Crippen molar-refractivity contribution < 1.29 is 4.74 Å². The fraction of sp³-hybridized carbons (Fsp3) is 0.531. The van der Waals surface area contributed by atoms with Gasteiger partial charge in [-0.25, -0.2) is 0 Å². The molecule has 3 rings (SSSR count). The van der Waals surface area contributed by atoms with Crippen LogP contribution >= 0.6 is 0 Å². The summed E-state index contributed by atoms with van der Waals surface area (Å²) in [5.41, 5.74) is 5.47. The van der Waals surface area contributed by atoms with E-state index >= 15 is 0 Å². The van der Waals surface area contributed by atoms with Crippen LogP contribution in [0.1, 0.15) is 89.6 Å². The quantitative estimate of drug-likeness (QED) is 0.432. The Morgan fingerprint density at radius 2 is 1.92 bits per heavy atom. The molecule has 1 N–H and O–H groups in total. The number of hydrogen-bond donors (Lipinski definition) is 1. The first-order valence-electron chi connectivity index (χ1n) is 13.7. The maximum atomic E-state index is 9.21. The summed E-state index contributed by atoms with van der Waals surface area (Å²) in [4.78, 5) is 0. The molecule has 1 aliphatic heterocycles. The molecule has 0 bridgehead atoms. The average Bonchev–Trinajstić information content (AvgIpc) is 2.87. The normalized spacial score (nSPS) is 16.4. The minimum atomic E-state index is 0.565. The molecule has 200 valence electrons. The van der Waals surface area contributed by atoms with Crippen molar-refractivity contribution in [1.29, 1.82) is 5.26 Å². The fourth-order valence-corrected chi connectivity index (χ4v) is 4.72. The highest BCUT2D eigenvalue weighted by atomic mass is 16.5. The summed E-state index contributed by atoms with van der Waals surface area (Å²) >= 11 is 0. The van der Waals surface area contributed by atoms with Crippen molar-refractivity contribution in [3.8, 4) is 6.07 Å². The van der Waals surface area contributed by atoms with Crippen molar-refractivity contribution in [3.05, 3.63) is 62.7 Å². The first kappa shape index (κ1) is 30.3. The molecule has 0 saturated carbocycles. The van der Waals surface area contributed by atoms with Crippen molar-refractivity contribution in [1.82, 2.24) is 10.2 Å². The predicted octanol–water partition coefficient (Wildman–Crippen LogP) is 6.36. The van der Waals surface area contributed by atoms with E-state index in [1.807, 2.05) is 39.0 Å². The Morgan fingerprint density at radius 1 is 1.19 bits per heavy atom. The molecule has 1 fully saturated rings. The number of nitrogens with zero attached hydrogens (tertiary/aromatic N) is 3. The number of aromatic nitrogens is 2. The smallest absolute Gasteiger partial charge is 0.156 e. The van der Waals surface area contributed by atoms with Crippen LogP contribution < -0.4 is 15.8 Å². The van der Waals surface area contributed by atoms with E-state index in [9.17, 15) is 5.26 Å². The Balaban J connectivity index is 0.000000364. The Hall–Kier alpha value is -2.97. The molecule has 0 aliphatic carbocycles. The van der Waals surface area contributed by atoms with Gasteiger partial charge in [0.15, 0.2) is 5.82 Å². The zero-order valence-corrected chi connectivity index (χ0v) is 24.2. The predicted molar refractivity (Wildman–Crippen MR) is 156 cm³/mol. The Bertz CT molecular complexity index is 1210. The lowest BCUT2D eigenvalue weighted by atomic mass is 9.75. The van der Waals surface area contributed by atoms with Gasteiger partial charge in [-0.15, -0.1) is 5.10 Å². The number of benzene rings is 1. The number of aryl methyl sites for hydroxylation is 1. The van der Waals surface area contributed by atoms with Crippen molar-refractivity contribution in [2.75, 3.05) is 18.5 Å². The van der Waals surface area contributed by atoms with Gasteiger partial charge < -0.3 is 10.1 Å². The standard InChI is InChI=1S/C22H26N4.C10H20O/c1-6-9-15(3)12-21-20(7-2)17(5)25-26-22(21)24-14-19-11-8-10-18(13-23)16(19)4;1-4-9(3)6-10(5-2)7-11-8-10/h7-12H,6,14H2,1-5H3,(H,24,26);9H,4-8H2,1-3H3/b15-9+,20-7-,21-12+;. The van der Waals surface area contributed by atoms with Gasteiger partial charge in [0, 0.05) is 22.4 Å². The molecule has 1 unspecified atom stereocenters. The second kappa shape index (κ2) is 14.7. The third kappa shape index (κ3) is 8.27. The number of allylic oxidation sites excluding steroid dienone is 2. The number of anilines is 1. The zero-order chi connectivity index (χ0) is 27.4. The van der Waals surface area contributed by atoms with E-state index in [1.54, 1.807) is 0 Å². The van der Waals surface area contributed by atoms with E-state index in [-0.39, 0.29) is 0 Å². The van der Waals surface area contributed by atoms with Crippen molar-refractivity contribution in [2.45, 2.75) is 87.6 Å². The molecule has 2 heterocycles. The van der Waals surface area contributed by atoms with Crippen LogP contribution in [0.25, 0.3) is 12.2 Å². The van der Waals surface area contributed by atoms with Crippen LogP contribution in [0.4, 0.5) is 5.82 Å². The molecule has 2 aromatic rings. The lowest BCUT2D eigenvalue weighted by molar-refractivity contribution is -0.125. The van der Waals surface area contributed by atoms with Crippen molar-refractivity contribution in [3.63, 3.8) is 0 Å². The Kier molecular flexibility index (Phi) is 12.0. The topological polar surface area (TPSA) is 70.8 Å². The minimum absolute atomic E-state index is 0.565. The van der Waals surface area contributed by atoms with Gasteiger partial charge in [0.2, 0.25) is 0 Å². The van der Waals surface area contributed by atoms with E-state index in [0.29, 0.717) is 17.5 Å². The second-order valence-corrected chi connectivity index (χ2v) is 10.4. The first-order chi connectivity index (χ1) is 17.7. The molecule has 1 saturated heterocycles. The van der Waals surface area contributed by atoms with Gasteiger partial charge in [0.1, 0.15) is 0 Å². The highest BCUT2D eigenvalue weighted by Crippen LogP contribution is 2.38. The summed E-state index contributed by atoms with van der Waals surface area (Å²) in [5.74, 6) is 1.63. The number of rotatable bonds is 9. The number of ether oxygens (including phenoxy) is 1. The van der Waals surface area contributed by atoms with Gasteiger partial charge >= 0.3 is 0 Å². The van der Waals surface area contributed by atoms with E-state index in [4.69, 9.17) is 4.74 Å². The number of nitrogens with one attached hydrogen (secondary N) is 1. The summed E-state index contributed by atoms with van der Waals surface area (Å²) in [5, 5.41) is 23.4. The van der Waals surface area contributed by atoms with E-state index < -0.39 is 0 Å². The SMILES string of the molecule is C/C=c1/c(C)nnc(NCc2cccc(C#N)c2C)/c1=C/C(C)=C/CC.CCC(C)CC1(CC)COC1. The molecular formula is C32H46N4O. The van der Waals surface area contributed by atoms with Crippen LogP contribution in [-0.2, 0) is 11.3 Å². The summed E-state index contributed by atoms with van der Waals surface area (Å²) in [6.45, 7) is 19.7. The van der Waals surface area contributed by atoms with E-state index in [0.717, 1.165) is 58.6 Å². The molecule has 5 nitrogen and oxygen atoms in total. The summed E-state index contributed by atoms with van der Waals surface area (Å²) in [6.07, 6.45) is 11.4. The van der Waals surface area contributed by atoms with Crippen LogP contribution in [0.5, 0.6) is 0 Å². The zero-order valence-electron chi connectivity index (χ0n) is 24.2. The van der Waals surface area contributed by atoms with Gasteiger partial charge in [-0.2, -0.15) is 10.4 Å². The van der Waals surface area contributed by atoms with Crippen LogP contribution in [0.3, 0.4) is 0 Å². The summed E-state index contributed by atoms with van der Waals surface area (Å²) in [7, 11) is 0. The highest BCUT2D eigenvalue weighted by Gasteiger charge is 2.37. The number of nitriles is 1. The third-order valence-corrected chi connectivity index (χ3v) is 7.48. The molecule has 0 amide bonds. The molecule has 37 heavy (non-hydrogen) atoms. The maximum Gasteiger partial charge on any atom is 0.156 e. The second-order valence-electron chi connectivity index (χ2n) is 10.4. The molecule has 1 aromatic carbocycles. The van der Waals surface area contributed by atoms with E-state index in [2.05, 4.69) is 74.4 Å². The Labute approximate surface area is 224 Å². The Morgan fingerprint density at radius 3 is 2.46 bits per heavy atom. The number of hydrogen-bond acceptors (Lipinski definition) is 5. The van der Waals surface area contributed by atoms with Gasteiger partial charge in [-0.05, 0) is 76.1 Å². The van der Waals surface area contributed by atoms with Gasteiger partial charge in [0.25, 0.3) is 0 Å². The molecule has 0 radical (unpaired) electrons. The van der Waals surface area contributed by atoms with Gasteiger partial charge in [0.05, 0.1) is 30.5 Å². The minimum Gasteiger partial charge on any atom is -0.380 e. The van der Waals surface area contributed by atoms with Gasteiger partial charge in [-0.1, -0.05) is 64.0 Å². The maximum absolute atomic E-state index is 9.21. The van der Waals surface area contributed by atoms with Crippen LogP contribution in [0.15, 0.2) is 29.8 Å². The largest absolute Gasteiger partial charge is 0.380 e. The molecular weight excluding hydrogens is 456 g/mol.